The van der Waals surface area contributed by atoms with E-state index < -0.39 is 11.2 Å². The first-order valence-electron chi connectivity index (χ1n) is 5.46. The molecular weight excluding hydrogens is 234 g/mol. The largest absolute Gasteiger partial charge is 0.492 e. The Hall–Kier alpha value is -2.34. The van der Waals surface area contributed by atoms with Crippen molar-refractivity contribution in [2.24, 2.45) is 5.73 Å². The molecule has 0 aliphatic rings. The molecule has 0 spiro atoms. The maximum Gasteiger partial charge on any atom is 0.326 e. The minimum Gasteiger partial charge on any atom is -0.492 e. The van der Waals surface area contributed by atoms with Gasteiger partial charge in [-0.25, -0.2) is 4.79 Å². The summed E-state index contributed by atoms with van der Waals surface area (Å²) >= 11 is 0. The summed E-state index contributed by atoms with van der Waals surface area (Å²) in [5.41, 5.74) is 5.57. The van der Waals surface area contributed by atoms with Gasteiger partial charge in [0, 0.05) is 12.6 Å². The van der Waals surface area contributed by atoms with Crippen LogP contribution in [0.3, 0.4) is 0 Å². The average Bonchev–Trinajstić information content (AvgIpc) is 2.36. The van der Waals surface area contributed by atoms with E-state index in [1.165, 1.54) is 6.07 Å². The van der Waals surface area contributed by atoms with E-state index in [-0.39, 0.29) is 0 Å². The third kappa shape index (κ3) is 2.86. The second kappa shape index (κ2) is 5.33. The Morgan fingerprint density at radius 1 is 1.11 bits per heavy atom. The normalized spacial score (nSPS) is 10.3. The summed E-state index contributed by atoms with van der Waals surface area (Å²) in [6, 6.07) is 8.36. The summed E-state index contributed by atoms with van der Waals surface area (Å²) in [7, 11) is 0. The molecule has 4 N–H and O–H groups in total. The van der Waals surface area contributed by atoms with E-state index >= 15 is 0 Å². The molecule has 1 heterocycles. The highest BCUT2D eigenvalue weighted by Gasteiger charge is 2.01. The van der Waals surface area contributed by atoms with Crippen molar-refractivity contribution in [2.75, 3.05) is 13.2 Å². The highest BCUT2D eigenvalue weighted by Crippen LogP contribution is 2.18. The maximum absolute atomic E-state index is 11.2. The Labute approximate surface area is 102 Å². The van der Waals surface area contributed by atoms with Crippen molar-refractivity contribution in [1.29, 1.82) is 0 Å². The van der Waals surface area contributed by atoms with E-state index in [1.807, 2.05) is 0 Å². The molecule has 0 saturated heterocycles. The minimum absolute atomic E-state index is 0.433. The van der Waals surface area contributed by atoms with Gasteiger partial charge in [0.05, 0.1) is 5.69 Å². The summed E-state index contributed by atoms with van der Waals surface area (Å²) in [4.78, 5) is 27.0. The van der Waals surface area contributed by atoms with E-state index in [0.717, 1.165) is 5.56 Å². The molecule has 0 atom stereocenters. The first kappa shape index (κ1) is 12.1. The average molecular weight is 247 g/mol. The van der Waals surface area contributed by atoms with Crippen molar-refractivity contribution in [3.63, 3.8) is 0 Å². The highest BCUT2D eigenvalue weighted by atomic mass is 16.5. The maximum atomic E-state index is 11.2. The lowest BCUT2D eigenvalue weighted by Gasteiger charge is -2.05. The molecule has 1 aromatic heterocycles. The quantitative estimate of drug-likeness (QED) is 0.711. The summed E-state index contributed by atoms with van der Waals surface area (Å²) in [6.07, 6.45) is 0. The lowest BCUT2D eigenvalue weighted by molar-refractivity contribution is 0.328. The molecule has 6 heteroatoms. The Morgan fingerprint density at radius 3 is 2.44 bits per heavy atom. The second-order valence-corrected chi connectivity index (χ2v) is 3.66. The van der Waals surface area contributed by atoms with E-state index in [4.69, 9.17) is 10.5 Å². The van der Waals surface area contributed by atoms with Gasteiger partial charge in [-0.3, -0.25) is 9.78 Å². The van der Waals surface area contributed by atoms with Crippen LogP contribution in [0.25, 0.3) is 11.3 Å². The number of aromatic nitrogens is 2. The molecule has 2 rings (SSSR count). The predicted molar refractivity (Wildman–Crippen MR) is 67.7 cm³/mol. The predicted octanol–water partition coefficient (Wildman–Crippen LogP) is 0.0677. The number of ether oxygens (including phenoxy) is 1. The van der Waals surface area contributed by atoms with Crippen molar-refractivity contribution >= 4 is 0 Å². The van der Waals surface area contributed by atoms with Crippen LogP contribution in [-0.2, 0) is 0 Å². The number of nitrogens with two attached hydrogens (primary N) is 1. The molecule has 18 heavy (non-hydrogen) atoms. The van der Waals surface area contributed by atoms with E-state index in [2.05, 4.69) is 9.97 Å². The SMILES string of the molecule is NCCOc1ccc(-c2cc(=O)[nH]c(=O)[nH]2)cc1. The zero-order chi connectivity index (χ0) is 13.0. The van der Waals surface area contributed by atoms with E-state index in [0.29, 0.717) is 24.6 Å². The molecule has 0 amide bonds. The third-order valence-electron chi connectivity index (χ3n) is 2.31. The van der Waals surface area contributed by atoms with Crippen molar-refractivity contribution in [2.45, 2.75) is 0 Å². The molecular formula is C12H13N3O3. The van der Waals surface area contributed by atoms with Gasteiger partial charge in [-0.2, -0.15) is 0 Å². The van der Waals surface area contributed by atoms with Crippen molar-refractivity contribution in [3.8, 4) is 17.0 Å². The monoisotopic (exact) mass is 247 g/mol. The summed E-state index contributed by atoms with van der Waals surface area (Å²) < 4.78 is 5.33. The molecule has 94 valence electrons. The summed E-state index contributed by atoms with van der Waals surface area (Å²) in [5.74, 6) is 0.691. The van der Waals surface area contributed by atoms with Crippen LogP contribution < -0.4 is 21.7 Å². The molecule has 0 radical (unpaired) electrons. The number of nitrogens with one attached hydrogen (secondary N) is 2. The van der Waals surface area contributed by atoms with Crippen LogP contribution in [0.15, 0.2) is 39.9 Å². The number of benzene rings is 1. The fourth-order valence-corrected chi connectivity index (χ4v) is 1.53. The van der Waals surface area contributed by atoms with Crippen LogP contribution in [0.1, 0.15) is 0 Å². The fourth-order valence-electron chi connectivity index (χ4n) is 1.53. The van der Waals surface area contributed by atoms with Gasteiger partial charge in [-0.1, -0.05) is 0 Å². The standard InChI is InChI=1S/C12H13N3O3/c13-5-6-18-9-3-1-8(2-4-9)10-7-11(16)15-12(17)14-10/h1-4,7H,5-6,13H2,(H2,14,15,16,17). The first-order valence-corrected chi connectivity index (χ1v) is 5.46. The number of hydrogen-bond donors (Lipinski definition) is 3. The smallest absolute Gasteiger partial charge is 0.326 e. The van der Waals surface area contributed by atoms with E-state index in [1.54, 1.807) is 24.3 Å². The molecule has 2 aromatic rings. The van der Waals surface area contributed by atoms with Crippen molar-refractivity contribution in [3.05, 3.63) is 51.2 Å². The number of H-pyrrole nitrogens is 2. The van der Waals surface area contributed by atoms with Gasteiger partial charge in [0.1, 0.15) is 12.4 Å². The van der Waals surface area contributed by atoms with Crippen LogP contribution >= 0.6 is 0 Å². The molecule has 0 saturated carbocycles. The topological polar surface area (TPSA) is 101 Å². The van der Waals surface area contributed by atoms with Crippen molar-refractivity contribution < 1.29 is 4.74 Å². The number of hydrogen-bond acceptors (Lipinski definition) is 4. The van der Waals surface area contributed by atoms with Gasteiger partial charge < -0.3 is 15.5 Å². The lowest BCUT2D eigenvalue weighted by atomic mass is 10.1. The van der Waals surface area contributed by atoms with Crippen LogP contribution in [0, 0.1) is 0 Å². The Balaban J connectivity index is 2.28. The van der Waals surface area contributed by atoms with Crippen LogP contribution in [0.4, 0.5) is 0 Å². The highest BCUT2D eigenvalue weighted by molar-refractivity contribution is 5.59. The van der Waals surface area contributed by atoms with Gasteiger partial charge in [0.2, 0.25) is 0 Å². The molecule has 6 nitrogen and oxygen atoms in total. The van der Waals surface area contributed by atoms with Gasteiger partial charge in [-0.05, 0) is 29.8 Å². The van der Waals surface area contributed by atoms with Gasteiger partial charge in [0.25, 0.3) is 5.56 Å². The molecule has 0 aliphatic carbocycles. The van der Waals surface area contributed by atoms with Crippen LogP contribution in [0.5, 0.6) is 5.75 Å². The Kier molecular flexibility index (Phi) is 3.59. The third-order valence-corrected chi connectivity index (χ3v) is 2.31. The van der Waals surface area contributed by atoms with Crippen LogP contribution in [-0.4, -0.2) is 23.1 Å². The van der Waals surface area contributed by atoms with Crippen LogP contribution in [0.2, 0.25) is 0 Å². The fraction of sp³-hybridized carbons (Fsp3) is 0.167. The second-order valence-electron chi connectivity index (χ2n) is 3.66. The Bertz CT molecular complexity index is 600. The summed E-state index contributed by atoms with van der Waals surface area (Å²) in [6.45, 7) is 0.893. The molecule has 0 bridgehead atoms. The molecule has 0 aliphatic heterocycles. The number of aromatic amines is 2. The zero-order valence-electron chi connectivity index (χ0n) is 9.60. The molecule has 1 aromatic carbocycles. The first-order chi connectivity index (χ1) is 8.69. The van der Waals surface area contributed by atoms with Gasteiger partial charge in [0.15, 0.2) is 0 Å². The van der Waals surface area contributed by atoms with Gasteiger partial charge in [-0.15, -0.1) is 0 Å². The Morgan fingerprint density at radius 2 is 1.83 bits per heavy atom. The minimum atomic E-state index is -0.527. The van der Waals surface area contributed by atoms with Crippen molar-refractivity contribution in [1.82, 2.24) is 9.97 Å². The lowest BCUT2D eigenvalue weighted by Crippen LogP contribution is -2.21. The van der Waals surface area contributed by atoms with Gasteiger partial charge >= 0.3 is 5.69 Å². The molecule has 0 unspecified atom stereocenters. The molecule has 0 fully saturated rings. The zero-order valence-corrected chi connectivity index (χ0v) is 9.60. The summed E-state index contributed by atoms with van der Waals surface area (Å²) in [5, 5.41) is 0. The van der Waals surface area contributed by atoms with E-state index in [9.17, 15) is 9.59 Å². The number of rotatable bonds is 4.